The van der Waals surface area contributed by atoms with Crippen LogP contribution >= 0.6 is 15.9 Å². The summed E-state index contributed by atoms with van der Waals surface area (Å²) in [5.74, 6) is 1.10. The van der Waals surface area contributed by atoms with Gasteiger partial charge in [0.25, 0.3) is 11.8 Å². The lowest BCUT2D eigenvalue weighted by Gasteiger charge is -2.20. The molecule has 0 atom stereocenters. The Labute approximate surface area is 193 Å². The van der Waals surface area contributed by atoms with Gasteiger partial charge in [-0.05, 0) is 77.5 Å². The van der Waals surface area contributed by atoms with Crippen LogP contribution in [0, 0.1) is 5.92 Å². The van der Waals surface area contributed by atoms with E-state index < -0.39 is 0 Å². The maximum Gasteiger partial charge on any atom is 0.255 e. The Morgan fingerprint density at radius 1 is 1.03 bits per heavy atom. The van der Waals surface area contributed by atoms with E-state index in [1.54, 1.807) is 30.3 Å². The summed E-state index contributed by atoms with van der Waals surface area (Å²) in [5, 5.41) is 2.90. The molecule has 2 amide bonds. The molecule has 1 fully saturated rings. The summed E-state index contributed by atoms with van der Waals surface area (Å²) in [4.78, 5) is 27.5. The molecule has 6 heteroatoms. The Bertz CT molecular complexity index is 905. The second-order valence-corrected chi connectivity index (χ2v) is 9.27. The number of halogens is 1. The van der Waals surface area contributed by atoms with Crippen LogP contribution in [0.2, 0.25) is 0 Å². The third kappa shape index (κ3) is 6.82. The van der Waals surface area contributed by atoms with Crippen molar-refractivity contribution < 1.29 is 14.3 Å². The zero-order valence-electron chi connectivity index (χ0n) is 18.3. The van der Waals surface area contributed by atoms with Crippen molar-refractivity contribution in [3.63, 3.8) is 0 Å². The van der Waals surface area contributed by atoms with Crippen molar-refractivity contribution in [2.24, 2.45) is 5.92 Å². The number of amides is 2. The average Bonchev–Trinajstić information content (AvgIpc) is 3.04. The van der Waals surface area contributed by atoms with Crippen molar-refractivity contribution in [2.75, 3.05) is 25.0 Å². The molecular weight excluding hydrogens is 456 g/mol. The molecule has 5 nitrogen and oxygen atoms in total. The van der Waals surface area contributed by atoms with E-state index in [1.807, 2.05) is 17.0 Å². The molecule has 166 valence electrons. The zero-order valence-corrected chi connectivity index (χ0v) is 19.9. The molecule has 1 aliphatic heterocycles. The van der Waals surface area contributed by atoms with Gasteiger partial charge in [0.15, 0.2) is 0 Å². The quantitative estimate of drug-likeness (QED) is 0.510. The van der Waals surface area contributed by atoms with Crippen molar-refractivity contribution >= 4 is 33.4 Å². The van der Waals surface area contributed by atoms with Gasteiger partial charge in [0.2, 0.25) is 0 Å². The highest BCUT2D eigenvalue weighted by molar-refractivity contribution is 9.10. The van der Waals surface area contributed by atoms with Gasteiger partial charge in [-0.1, -0.05) is 32.8 Å². The van der Waals surface area contributed by atoms with E-state index in [2.05, 4.69) is 35.1 Å². The smallest absolute Gasteiger partial charge is 0.255 e. The molecule has 0 bridgehead atoms. The van der Waals surface area contributed by atoms with Crippen LogP contribution in [0.5, 0.6) is 5.75 Å². The van der Waals surface area contributed by atoms with Crippen molar-refractivity contribution in [1.29, 1.82) is 0 Å². The van der Waals surface area contributed by atoms with Gasteiger partial charge in [0, 0.05) is 29.9 Å². The maximum absolute atomic E-state index is 12.9. The fourth-order valence-electron chi connectivity index (χ4n) is 3.55. The standard InChI is InChI=1S/C25H31BrN2O3/c1-18(2)12-15-31-23-11-10-19(17-22(23)26)24(29)27-21-9-7-8-20(16-21)25(30)28-13-5-3-4-6-14-28/h7-11,16-18H,3-6,12-15H2,1-2H3,(H,27,29). The highest BCUT2D eigenvalue weighted by atomic mass is 79.9. The third-order valence-electron chi connectivity index (χ3n) is 5.41. The number of benzene rings is 2. The molecule has 0 radical (unpaired) electrons. The summed E-state index contributed by atoms with van der Waals surface area (Å²) >= 11 is 3.49. The summed E-state index contributed by atoms with van der Waals surface area (Å²) in [6, 6.07) is 12.5. The minimum atomic E-state index is -0.228. The van der Waals surface area contributed by atoms with Crippen LogP contribution in [0.4, 0.5) is 5.69 Å². The minimum Gasteiger partial charge on any atom is -0.492 e. The number of carbonyl (C=O) groups is 2. The van der Waals surface area contributed by atoms with Crippen LogP contribution in [-0.2, 0) is 0 Å². The van der Waals surface area contributed by atoms with Gasteiger partial charge in [0.05, 0.1) is 11.1 Å². The largest absolute Gasteiger partial charge is 0.492 e. The highest BCUT2D eigenvalue weighted by Gasteiger charge is 2.18. The minimum absolute atomic E-state index is 0.0312. The molecule has 2 aromatic rings. The van der Waals surface area contributed by atoms with E-state index in [0.29, 0.717) is 29.3 Å². The molecule has 0 unspecified atom stereocenters. The zero-order chi connectivity index (χ0) is 22.2. The number of ether oxygens (including phenoxy) is 1. The van der Waals surface area contributed by atoms with E-state index in [9.17, 15) is 9.59 Å². The Hall–Kier alpha value is -2.34. The lowest BCUT2D eigenvalue weighted by atomic mass is 10.1. The van der Waals surface area contributed by atoms with Crippen molar-refractivity contribution in [3.05, 3.63) is 58.1 Å². The predicted molar refractivity (Wildman–Crippen MR) is 128 cm³/mol. The van der Waals surface area contributed by atoms with Crippen molar-refractivity contribution in [1.82, 2.24) is 4.90 Å². The Morgan fingerprint density at radius 3 is 2.45 bits per heavy atom. The lowest BCUT2D eigenvalue weighted by Crippen LogP contribution is -2.31. The molecule has 0 saturated carbocycles. The third-order valence-corrected chi connectivity index (χ3v) is 6.03. The molecule has 1 saturated heterocycles. The number of hydrogen-bond donors (Lipinski definition) is 1. The van der Waals surface area contributed by atoms with Crippen LogP contribution in [0.1, 0.15) is 66.7 Å². The van der Waals surface area contributed by atoms with E-state index in [1.165, 1.54) is 12.8 Å². The summed E-state index contributed by atoms with van der Waals surface area (Å²) in [7, 11) is 0. The van der Waals surface area contributed by atoms with Crippen LogP contribution in [0.15, 0.2) is 46.9 Å². The Kier molecular flexibility index (Phi) is 8.52. The van der Waals surface area contributed by atoms with Crippen LogP contribution in [0.3, 0.4) is 0 Å². The second kappa shape index (κ2) is 11.3. The molecule has 2 aromatic carbocycles. The topological polar surface area (TPSA) is 58.6 Å². The van der Waals surface area contributed by atoms with Crippen LogP contribution < -0.4 is 10.1 Å². The number of carbonyl (C=O) groups excluding carboxylic acids is 2. The van der Waals surface area contributed by atoms with Crippen LogP contribution in [0.25, 0.3) is 0 Å². The van der Waals surface area contributed by atoms with Gasteiger partial charge in [-0.25, -0.2) is 0 Å². The number of nitrogens with one attached hydrogen (secondary N) is 1. The van der Waals surface area contributed by atoms with E-state index in [4.69, 9.17) is 4.74 Å². The number of likely N-dealkylation sites (tertiary alicyclic amines) is 1. The predicted octanol–water partition coefficient (Wildman–Crippen LogP) is 6.14. The second-order valence-electron chi connectivity index (χ2n) is 8.42. The van der Waals surface area contributed by atoms with Crippen molar-refractivity contribution in [2.45, 2.75) is 46.0 Å². The van der Waals surface area contributed by atoms with Gasteiger partial charge >= 0.3 is 0 Å². The molecule has 3 rings (SSSR count). The van der Waals surface area contributed by atoms with Gasteiger partial charge in [-0.15, -0.1) is 0 Å². The normalized spacial score (nSPS) is 14.3. The van der Waals surface area contributed by atoms with Gasteiger partial charge in [-0.3, -0.25) is 9.59 Å². The Balaban J connectivity index is 1.64. The first-order valence-corrected chi connectivity index (χ1v) is 11.9. The molecule has 0 aromatic heterocycles. The first kappa shape index (κ1) is 23.3. The fourth-order valence-corrected chi connectivity index (χ4v) is 4.05. The first-order chi connectivity index (χ1) is 14.9. The van der Waals surface area contributed by atoms with Crippen molar-refractivity contribution in [3.8, 4) is 5.75 Å². The molecule has 31 heavy (non-hydrogen) atoms. The monoisotopic (exact) mass is 486 g/mol. The molecule has 0 aliphatic carbocycles. The number of anilines is 1. The number of hydrogen-bond acceptors (Lipinski definition) is 3. The average molecular weight is 487 g/mol. The van der Waals surface area contributed by atoms with Crippen LogP contribution in [-0.4, -0.2) is 36.4 Å². The summed E-state index contributed by atoms with van der Waals surface area (Å²) in [6.07, 6.45) is 5.43. The lowest BCUT2D eigenvalue weighted by molar-refractivity contribution is 0.0761. The van der Waals surface area contributed by atoms with E-state index in [-0.39, 0.29) is 11.8 Å². The molecule has 1 aliphatic rings. The first-order valence-electron chi connectivity index (χ1n) is 11.1. The Morgan fingerprint density at radius 2 is 1.77 bits per heavy atom. The number of nitrogens with zero attached hydrogens (tertiary/aromatic N) is 1. The SMILES string of the molecule is CC(C)CCOc1ccc(C(=O)Nc2cccc(C(=O)N3CCCCCC3)c2)cc1Br. The van der Waals surface area contributed by atoms with Gasteiger partial charge in [-0.2, -0.15) is 0 Å². The summed E-state index contributed by atoms with van der Waals surface area (Å²) in [5.41, 5.74) is 1.74. The number of rotatable bonds is 7. The maximum atomic E-state index is 12.9. The molecule has 0 spiro atoms. The molecule has 1 N–H and O–H groups in total. The summed E-state index contributed by atoms with van der Waals surface area (Å²) < 4.78 is 6.53. The fraction of sp³-hybridized carbons (Fsp3) is 0.440. The molecule has 1 heterocycles. The van der Waals surface area contributed by atoms with Gasteiger partial charge in [0.1, 0.15) is 5.75 Å². The van der Waals surface area contributed by atoms with E-state index in [0.717, 1.165) is 42.6 Å². The van der Waals surface area contributed by atoms with E-state index >= 15 is 0 Å². The highest BCUT2D eigenvalue weighted by Crippen LogP contribution is 2.27. The summed E-state index contributed by atoms with van der Waals surface area (Å²) in [6.45, 7) is 6.55. The molecular formula is C25H31BrN2O3. The van der Waals surface area contributed by atoms with Gasteiger partial charge < -0.3 is 15.0 Å².